The number of carbonyl (C=O) groups excluding carboxylic acids is 4. The third kappa shape index (κ3) is 74.3. The van der Waals surface area contributed by atoms with Crippen LogP contribution in [-0.4, -0.2) is 96.7 Å². The first-order chi connectivity index (χ1) is 48.5. The highest BCUT2D eigenvalue weighted by atomic mass is 31.2. The van der Waals surface area contributed by atoms with E-state index in [2.05, 4.69) is 34.6 Å². The number of aliphatic hydroxyl groups excluding tert-OH is 1. The fraction of sp³-hybridized carbons (Fsp3) is 0.951. The van der Waals surface area contributed by atoms with Gasteiger partial charge in [0.1, 0.15) is 19.3 Å². The molecule has 594 valence electrons. The summed E-state index contributed by atoms with van der Waals surface area (Å²) in [5.41, 5.74) is 0. The molecule has 0 aliphatic rings. The van der Waals surface area contributed by atoms with Crippen LogP contribution in [0.4, 0.5) is 0 Å². The lowest BCUT2D eigenvalue weighted by Crippen LogP contribution is -2.30. The lowest BCUT2D eigenvalue weighted by atomic mass is 10.0. The maximum absolute atomic E-state index is 13.1. The molecule has 0 aliphatic carbocycles. The van der Waals surface area contributed by atoms with Crippen molar-refractivity contribution in [2.45, 2.75) is 451 Å². The number of ether oxygens (including phenoxy) is 4. The maximum atomic E-state index is 13.1. The van der Waals surface area contributed by atoms with Crippen molar-refractivity contribution in [1.82, 2.24) is 0 Å². The molecule has 0 saturated carbocycles. The van der Waals surface area contributed by atoms with Crippen LogP contribution in [0.5, 0.6) is 0 Å². The Morgan fingerprint density at radius 1 is 0.270 bits per heavy atom. The van der Waals surface area contributed by atoms with Crippen LogP contribution in [-0.2, 0) is 65.4 Å². The molecular formula is C81H158O17P2. The van der Waals surface area contributed by atoms with Crippen LogP contribution in [0.15, 0.2) is 0 Å². The summed E-state index contributed by atoms with van der Waals surface area (Å²) in [6.07, 6.45) is 65.3. The number of rotatable bonds is 81. The van der Waals surface area contributed by atoms with Crippen molar-refractivity contribution < 1.29 is 80.2 Å². The number of phosphoric acid groups is 2. The zero-order valence-electron chi connectivity index (χ0n) is 65.3. The van der Waals surface area contributed by atoms with Gasteiger partial charge in [-0.25, -0.2) is 9.13 Å². The molecule has 0 amide bonds. The summed E-state index contributed by atoms with van der Waals surface area (Å²) in [7, 11) is -9.92. The Labute approximate surface area is 613 Å². The second kappa shape index (κ2) is 73.9. The summed E-state index contributed by atoms with van der Waals surface area (Å²) in [6, 6.07) is 0. The largest absolute Gasteiger partial charge is 0.472 e. The van der Waals surface area contributed by atoms with Crippen LogP contribution in [0.25, 0.3) is 0 Å². The average molecular weight is 1470 g/mol. The Morgan fingerprint density at radius 2 is 0.460 bits per heavy atom. The molecule has 17 nitrogen and oxygen atoms in total. The van der Waals surface area contributed by atoms with Crippen LogP contribution in [0.2, 0.25) is 0 Å². The highest BCUT2D eigenvalue weighted by Crippen LogP contribution is 2.45. The molecular weight excluding hydrogens is 1310 g/mol. The molecule has 5 atom stereocenters. The molecule has 0 aromatic rings. The van der Waals surface area contributed by atoms with E-state index in [1.54, 1.807) is 0 Å². The molecule has 0 spiro atoms. The van der Waals surface area contributed by atoms with Gasteiger partial charge in [-0.15, -0.1) is 0 Å². The van der Waals surface area contributed by atoms with Gasteiger partial charge in [0.05, 0.1) is 26.4 Å². The van der Waals surface area contributed by atoms with Crippen LogP contribution >= 0.6 is 15.6 Å². The van der Waals surface area contributed by atoms with Crippen LogP contribution < -0.4 is 0 Å². The zero-order valence-corrected chi connectivity index (χ0v) is 67.1. The molecule has 0 fully saturated rings. The summed E-state index contributed by atoms with van der Waals surface area (Å²) in [5.74, 6) is -1.34. The summed E-state index contributed by atoms with van der Waals surface area (Å²) in [5, 5.41) is 10.6. The van der Waals surface area contributed by atoms with E-state index < -0.39 is 97.5 Å². The summed E-state index contributed by atoms with van der Waals surface area (Å²) in [6.45, 7) is 7.31. The summed E-state index contributed by atoms with van der Waals surface area (Å²) < 4.78 is 68.7. The molecule has 0 radical (unpaired) electrons. The van der Waals surface area contributed by atoms with Crippen molar-refractivity contribution in [2.75, 3.05) is 39.6 Å². The van der Waals surface area contributed by atoms with Crippen molar-refractivity contribution in [3.63, 3.8) is 0 Å². The highest BCUT2D eigenvalue weighted by molar-refractivity contribution is 7.47. The second-order valence-electron chi connectivity index (χ2n) is 29.6. The lowest BCUT2D eigenvalue weighted by molar-refractivity contribution is -0.161. The van der Waals surface area contributed by atoms with Gasteiger partial charge in [0.2, 0.25) is 0 Å². The number of phosphoric ester groups is 2. The minimum Gasteiger partial charge on any atom is -0.462 e. The van der Waals surface area contributed by atoms with Gasteiger partial charge in [-0.1, -0.05) is 381 Å². The fourth-order valence-corrected chi connectivity index (χ4v) is 14.2. The maximum Gasteiger partial charge on any atom is 0.472 e. The Bertz CT molecular complexity index is 1910. The Kier molecular flexibility index (Phi) is 72.5. The van der Waals surface area contributed by atoms with Gasteiger partial charge in [0.25, 0.3) is 0 Å². The van der Waals surface area contributed by atoms with Gasteiger partial charge in [-0.2, -0.15) is 0 Å². The molecule has 0 bridgehead atoms. The van der Waals surface area contributed by atoms with E-state index in [4.69, 9.17) is 37.0 Å². The third-order valence-electron chi connectivity index (χ3n) is 19.0. The Hall–Kier alpha value is -1.94. The SMILES string of the molecule is CCCCCCCCCCCCCCCCCCCCCCCCC(=O)O[C@H](COC(=O)CCCCCCCCCCCCCCCCC)COP(=O)(O)OC[C@@H](O)COP(=O)(O)OC[C@@H](COC(=O)CCCCCCCCCCC)OC(=O)CCCCCCCCCCCCCC(C)C. The Morgan fingerprint density at radius 3 is 0.680 bits per heavy atom. The molecule has 0 rings (SSSR count). The van der Waals surface area contributed by atoms with Crippen molar-refractivity contribution in [3.8, 4) is 0 Å². The number of hydrogen-bond acceptors (Lipinski definition) is 15. The normalized spacial score (nSPS) is 13.8. The van der Waals surface area contributed by atoms with Crippen molar-refractivity contribution in [3.05, 3.63) is 0 Å². The predicted octanol–water partition coefficient (Wildman–Crippen LogP) is 24.4. The minimum absolute atomic E-state index is 0.107. The topological polar surface area (TPSA) is 237 Å². The molecule has 100 heavy (non-hydrogen) atoms. The Balaban J connectivity index is 5.19. The quantitative estimate of drug-likeness (QED) is 0.0222. The molecule has 3 N–H and O–H groups in total. The highest BCUT2D eigenvalue weighted by Gasteiger charge is 2.30. The van der Waals surface area contributed by atoms with Crippen molar-refractivity contribution in [2.24, 2.45) is 5.92 Å². The van der Waals surface area contributed by atoms with Crippen molar-refractivity contribution >= 4 is 39.5 Å². The van der Waals surface area contributed by atoms with E-state index in [-0.39, 0.29) is 25.7 Å². The van der Waals surface area contributed by atoms with Gasteiger partial charge in [0, 0.05) is 25.7 Å². The predicted molar refractivity (Wildman–Crippen MR) is 409 cm³/mol. The van der Waals surface area contributed by atoms with Crippen LogP contribution in [0, 0.1) is 5.92 Å². The van der Waals surface area contributed by atoms with Gasteiger partial charge < -0.3 is 33.8 Å². The number of unbranched alkanes of at least 4 members (excludes halogenated alkanes) is 53. The molecule has 0 saturated heterocycles. The van der Waals surface area contributed by atoms with E-state index in [1.165, 1.54) is 257 Å². The first-order valence-electron chi connectivity index (χ1n) is 42.1. The molecule has 0 aromatic heterocycles. The van der Waals surface area contributed by atoms with E-state index in [1.807, 2.05) is 0 Å². The fourth-order valence-electron chi connectivity index (χ4n) is 12.6. The number of hydrogen-bond donors (Lipinski definition) is 3. The molecule has 2 unspecified atom stereocenters. The first kappa shape index (κ1) is 98.1. The van der Waals surface area contributed by atoms with Crippen LogP contribution in [0.1, 0.15) is 433 Å². The summed E-state index contributed by atoms with van der Waals surface area (Å²) in [4.78, 5) is 72.9. The van der Waals surface area contributed by atoms with Gasteiger partial charge in [-0.05, 0) is 31.6 Å². The lowest BCUT2D eigenvalue weighted by Gasteiger charge is -2.21. The number of esters is 4. The average Bonchev–Trinajstić information content (AvgIpc) is 0.944. The second-order valence-corrected chi connectivity index (χ2v) is 32.5. The third-order valence-corrected chi connectivity index (χ3v) is 20.9. The van der Waals surface area contributed by atoms with Crippen molar-refractivity contribution in [1.29, 1.82) is 0 Å². The van der Waals surface area contributed by atoms with Gasteiger partial charge >= 0.3 is 39.5 Å². The van der Waals surface area contributed by atoms with E-state index in [9.17, 15) is 43.2 Å². The van der Waals surface area contributed by atoms with E-state index in [0.29, 0.717) is 25.7 Å². The monoisotopic (exact) mass is 1470 g/mol. The van der Waals surface area contributed by atoms with Crippen LogP contribution in [0.3, 0.4) is 0 Å². The summed E-state index contributed by atoms with van der Waals surface area (Å²) >= 11 is 0. The molecule has 0 heterocycles. The number of aliphatic hydroxyl groups is 1. The molecule has 0 aromatic carbocycles. The zero-order chi connectivity index (χ0) is 73.4. The molecule has 19 heteroatoms. The van der Waals surface area contributed by atoms with Gasteiger partial charge in [-0.3, -0.25) is 37.3 Å². The van der Waals surface area contributed by atoms with Gasteiger partial charge in [0.15, 0.2) is 12.2 Å². The standard InChI is InChI=1S/C81H158O17P2/c1-6-9-12-15-18-21-23-25-27-28-29-30-31-32-33-35-37-41-46-51-56-61-66-80(85)98-77(71-92-79(84)65-60-55-50-45-40-36-34-26-24-22-19-16-13-10-7-2)73-96-100(89,90)94-69-75(82)68-93-99(87,88)95-72-76(70-91-78(83)64-59-54-49-43-20-17-14-11-8-3)97-81(86)67-62-57-52-47-42-38-39-44-48-53-58-63-74(4)5/h74-77,82H,6-73H2,1-5H3,(H,87,88)(H,89,90)/t75-,76+,77+/m0/s1. The number of carbonyl (C=O) groups is 4. The smallest absolute Gasteiger partial charge is 0.462 e. The first-order valence-corrected chi connectivity index (χ1v) is 45.1. The minimum atomic E-state index is -4.96. The van der Waals surface area contributed by atoms with E-state index >= 15 is 0 Å². The molecule has 0 aliphatic heterocycles. The van der Waals surface area contributed by atoms with E-state index in [0.717, 1.165) is 95.8 Å².